The van der Waals surface area contributed by atoms with Crippen LogP contribution in [0.25, 0.3) is 10.8 Å². The van der Waals surface area contributed by atoms with E-state index >= 15 is 0 Å². The number of nitrogens with one attached hydrogen (secondary N) is 4. The number of benzene rings is 1. The fraction of sp³-hybridized carbons (Fsp3) is 0.412. The average Bonchev–Trinajstić information content (AvgIpc) is 2.60. The molecule has 0 aliphatic heterocycles. The summed E-state index contributed by atoms with van der Waals surface area (Å²) in [4.78, 5) is 47.4. The van der Waals surface area contributed by atoms with Gasteiger partial charge in [0.05, 0.1) is 29.6 Å². The van der Waals surface area contributed by atoms with E-state index in [-0.39, 0.29) is 41.9 Å². The molecule has 0 saturated carbocycles. The Morgan fingerprint density at radius 2 is 1.85 bits per heavy atom. The van der Waals surface area contributed by atoms with Gasteiger partial charge in [0.15, 0.2) is 0 Å². The Morgan fingerprint density at radius 3 is 2.58 bits per heavy atom. The van der Waals surface area contributed by atoms with Crippen LogP contribution >= 0.6 is 0 Å². The van der Waals surface area contributed by atoms with Crippen molar-refractivity contribution in [3.63, 3.8) is 0 Å². The van der Waals surface area contributed by atoms with Gasteiger partial charge in [0, 0.05) is 13.0 Å². The van der Waals surface area contributed by atoms with Crippen molar-refractivity contribution >= 4 is 28.3 Å². The molecule has 0 aliphatic carbocycles. The molecule has 140 valence electrons. The second kappa shape index (κ2) is 8.95. The quantitative estimate of drug-likeness (QED) is 0.502. The summed E-state index contributed by atoms with van der Waals surface area (Å²) in [5.41, 5.74) is -0.790. The molecule has 4 N–H and O–H groups in total. The first-order valence-electron chi connectivity index (χ1n) is 8.26. The number of carbonyl (C=O) groups is 2. The number of rotatable bonds is 8. The van der Waals surface area contributed by atoms with Crippen LogP contribution < -0.4 is 21.8 Å². The zero-order valence-corrected chi connectivity index (χ0v) is 14.7. The van der Waals surface area contributed by atoms with Gasteiger partial charge in [-0.1, -0.05) is 19.9 Å². The van der Waals surface area contributed by atoms with E-state index in [0.717, 1.165) is 0 Å². The summed E-state index contributed by atoms with van der Waals surface area (Å²) in [7, 11) is 0. The van der Waals surface area contributed by atoms with Crippen molar-refractivity contribution < 1.29 is 14.3 Å². The van der Waals surface area contributed by atoms with E-state index in [1.165, 1.54) is 12.1 Å². The molecule has 0 fully saturated rings. The van der Waals surface area contributed by atoms with Gasteiger partial charge in [0.1, 0.15) is 0 Å². The summed E-state index contributed by atoms with van der Waals surface area (Å²) >= 11 is 0. The Kier molecular flexibility index (Phi) is 6.67. The Hall–Kier alpha value is -2.94. The lowest BCUT2D eigenvalue weighted by Gasteiger charge is -2.09. The lowest BCUT2D eigenvalue weighted by atomic mass is 10.1. The third-order valence-electron chi connectivity index (χ3n) is 3.47. The zero-order chi connectivity index (χ0) is 19.1. The first-order valence-corrected chi connectivity index (χ1v) is 8.26. The molecule has 0 unspecified atom stereocenters. The van der Waals surface area contributed by atoms with Crippen molar-refractivity contribution in [1.29, 1.82) is 0 Å². The molecule has 1 heterocycles. The summed E-state index contributed by atoms with van der Waals surface area (Å²) in [5.74, 6) is -0.426. The highest BCUT2D eigenvalue weighted by atomic mass is 16.5. The Balaban J connectivity index is 1.92. The van der Waals surface area contributed by atoms with Gasteiger partial charge in [-0.05, 0) is 18.1 Å². The zero-order valence-electron chi connectivity index (χ0n) is 14.7. The number of anilines is 1. The van der Waals surface area contributed by atoms with Crippen LogP contribution in [-0.4, -0.2) is 41.8 Å². The third kappa shape index (κ3) is 5.28. The smallest absolute Gasteiger partial charge is 0.272 e. The summed E-state index contributed by atoms with van der Waals surface area (Å²) < 4.78 is 5.31. The van der Waals surface area contributed by atoms with Gasteiger partial charge in [-0.15, -0.1) is 0 Å². The van der Waals surface area contributed by atoms with Crippen LogP contribution in [0.3, 0.4) is 0 Å². The molecule has 9 heteroatoms. The van der Waals surface area contributed by atoms with Crippen LogP contribution in [0.4, 0.5) is 5.69 Å². The normalized spacial score (nSPS) is 10.9. The van der Waals surface area contributed by atoms with Gasteiger partial charge >= 0.3 is 0 Å². The van der Waals surface area contributed by atoms with Gasteiger partial charge < -0.3 is 15.4 Å². The third-order valence-corrected chi connectivity index (χ3v) is 3.47. The number of carbonyl (C=O) groups excluding carboxylic acids is 2. The Labute approximate surface area is 149 Å². The van der Waals surface area contributed by atoms with Crippen molar-refractivity contribution in [2.75, 3.05) is 25.1 Å². The standard InChI is InChI=1S/C17H22N4O5/c1-10(2)9-26-7-6-13(22)18-8-14(23)19-12-5-3-4-11-15(12)17(25)21-20-16(11)24/h3-5,10H,6-9H2,1-2H3,(H,18,22)(H,19,23)(H,20,24)(H,21,25). The number of fused-ring (bicyclic) bond motifs is 1. The predicted molar refractivity (Wildman–Crippen MR) is 97.1 cm³/mol. The minimum Gasteiger partial charge on any atom is -0.381 e. The number of hydrogen-bond acceptors (Lipinski definition) is 5. The molecule has 0 saturated heterocycles. The molecule has 0 radical (unpaired) electrons. The number of H-pyrrole nitrogens is 2. The molecule has 0 bridgehead atoms. The molecule has 26 heavy (non-hydrogen) atoms. The molecule has 1 aromatic carbocycles. The number of ether oxygens (including phenoxy) is 1. The van der Waals surface area contributed by atoms with Crippen molar-refractivity contribution in [1.82, 2.24) is 15.5 Å². The maximum Gasteiger partial charge on any atom is 0.272 e. The molecule has 2 aromatic rings. The summed E-state index contributed by atoms with van der Waals surface area (Å²) in [6.07, 6.45) is 0.156. The fourth-order valence-corrected chi connectivity index (χ4v) is 2.28. The first-order chi connectivity index (χ1) is 12.4. The Morgan fingerprint density at radius 1 is 1.12 bits per heavy atom. The van der Waals surface area contributed by atoms with E-state index in [4.69, 9.17) is 4.74 Å². The molecule has 2 amide bonds. The van der Waals surface area contributed by atoms with E-state index in [0.29, 0.717) is 12.5 Å². The number of hydrogen-bond donors (Lipinski definition) is 4. The number of aromatic nitrogens is 2. The fourth-order valence-electron chi connectivity index (χ4n) is 2.28. The van der Waals surface area contributed by atoms with Crippen LogP contribution in [0.2, 0.25) is 0 Å². The van der Waals surface area contributed by atoms with Crippen LogP contribution in [0, 0.1) is 5.92 Å². The number of amides is 2. The van der Waals surface area contributed by atoms with Crippen LogP contribution in [0.5, 0.6) is 0 Å². The van der Waals surface area contributed by atoms with Gasteiger partial charge in [-0.2, -0.15) is 0 Å². The Bertz CT molecular complexity index is 900. The van der Waals surface area contributed by atoms with Gasteiger partial charge in [-0.3, -0.25) is 29.4 Å². The van der Waals surface area contributed by atoms with Gasteiger partial charge in [0.25, 0.3) is 11.1 Å². The van der Waals surface area contributed by atoms with Gasteiger partial charge in [0.2, 0.25) is 11.8 Å². The van der Waals surface area contributed by atoms with Crippen LogP contribution in [-0.2, 0) is 14.3 Å². The molecule has 0 spiro atoms. The maximum atomic E-state index is 12.0. The van der Waals surface area contributed by atoms with Crippen molar-refractivity contribution in [3.05, 3.63) is 38.9 Å². The minimum absolute atomic E-state index is 0.0815. The number of aromatic amines is 2. The predicted octanol–water partition coefficient (Wildman–Crippen LogP) is 0.334. The summed E-state index contributed by atoms with van der Waals surface area (Å²) in [6, 6.07) is 4.55. The summed E-state index contributed by atoms with van der Waals surface area (Å²) in [6.45, 7) is 4.63. The van der Waals surface area contributed by atoms with E-state index < -0.39 is 17.0 Å². The van der Waals surface area contributed by atoms with Crippen LogP contribution in [0.15, 0.2) is 27.8 Å². The SMILES string of the molecule is CC(C)COCCC(=O)NCC(=O)Nc1cccc2c(=O)[nH][nH]c(=O)c12. The van der Waals surface area contributed by atoms with Crippen molar-refractivity contribution in [2.24, 2.45) is 5.92 Å². The van der Waals surface area contributed by atoms with E-state index in [2.05, 4.69) is 20.8 Å². The van der Waals surface area contributed by atoms with Gasteiger partial charge in [-0.25, -0.2) is 0 Å². The minimum atomic E-state index is -0.526. The topological polar surface area (TPSA) is 133 Å². The molecule has 0 atom stereocenters. The maximum absolute atomic E-state index is 12.0. The van der Waals surface area contributed by atoms with Crippen LogP contribution in [0.1, 0.15) is 20.3 Å². The second-order valence-corrected chi connectivity index (χ2v) is 6.18. The highest BCUT2D eigenvalue weighted by Gasteiger charge is 2.11. The molecule has 1 aromatic heterocycles. The average molecular weight is 362 g/mol. The molecular weight excluding hydrogens is 340 g/mol. The molecule has 2 rings (SSSR count). The second-order valence-electron chi connectivity index (χ2n) is 6.18. The summed E-state index contributed by atoms with van der Waals surface area (Å²) in [5, 5.41) is 9.69. The highest BCUT2D eigenvalue weighted by Crippen LogP contribution is 2.16. The van der Waals surface area contributed by atoms with Crippen molar-refractivity contribution in [3.8, 4) is 0 Å². The van der Waals surface area contributed by atoms with E-state index in [1.807, 2.05) is 13.8 Å². The molecular formula is C17H22N4O5. The monoisotopic (exact) mass is 362 g/mol. The molecule has 0 aliphatic rings. The van der Waals surface area contributed by atoms with E-state index in [1.54, 1.807) is 6.07 Å². The highest BCUT2D eigenvalue weighted by molar-refractivity contribution is 6.02. The molecule has 9 nitrogen and oxygen atoms in total. The van der Waals surface area contributed by atoms with E-state index in [9.17, 15) is 19.2 Å². The first kappa shape index (κ1) is 19.4. The lowest BCUT2D eigenvalue weighted by molar-refractivity contribution is -0.125. The van der Waals surface area contributed by atoms with Crippen molar-refractivity contribution in [2.45, 2.75) is 20.3 Å². The largest absolute Gasteiger partial charge is 0.381 e. The lowest BCUT2D eigenvalue weighted by Crippen LogP contribution is -2.33.